The Labute approximate surface area is 160 Å². The van der Waals surface area contributed by atoms with Gasteiger partial charge < -0.3 is 4.57 Å². The molecule has 0 amide bonds. The molecule has 0 spiro atoms. The maximum Gasteiger partial charge on any atom is 0.191 e. The second kappa shape index (κ2) is 7.28. The highest BCUT2D eigenvalue weighted by Crippen LogP contribution is 2.28. The van der Waals surface area contributed by atoms with Crippen LogP contribution in [0.15, 0.2) is 47.6 Å². The van der Waals surface area contributed by atoms with Crippen molar-refractivity contribution in [3.05, 3.63) is 64.7 Å². The van der Waals surface area contributed by atoms with E-state index in [4.69, 9.17) is 0 Å². The normalized spacial score (nSPS) is 11.8. The van der Waals surface area contributed by atoms with Gasteiger partial charge in [-0.15, -0.1) is 10.2 Å². The summed E-state index contributed by atoms with van der Waals surface area (Å²) in [6.45, 7) is 11.0. The molecule has 0 atom stereocenters. The second-order valence-electron chi connectivity index (χ2n) is 7.91. The first-order valence-electron chi connectivity index (χ1n) is 8.95. The average Bonchev–Trinajstić information content (AvgIpc) is 2.96. The minimum absolute atomic E-state index is 0.158. The molecule has 26 heavy (non-hydrogen) atoms. The molecule has 1 heterocycles. The molecule has 0 fully saturated rings. The van der Waals surface area contributed by atoms with Gasteiger partial charge >= 0.3 is 0 Å². The predicted octanol–water partition coefficient (Wildman–Crippen LogP) is 5.69. The van der Waals surface area contributed by atoms with E-state index < -0.39 is 0 Å². The Kier molecular flexibility index (Phi) is 5.24. The predicted molar refractivity (Wildman–Crippen MR) is 111 cm³/mol. The zero-order valence-electron chi connectivity index (χ0n) is 16.5. The molecule has 3 aromatic rings. The molecule has 0 saturated heterocycles. The summed E-state index contributed by atoms with van der Waals surface area (Å²) in [5.74, 6) is 1.82. The van der Waals surface area contributed by atoms with E-state index in [2.05, 4.69) is 91.8 Å². The quantitative estimate of drug-likeness (QED) is 0.557. The molecule has 4 heteroatoms. The van der Waals surface area contributed by atoms with Crippen molar-refractivity contribution in [3.63, 3.8) is 0 Å². The Morgan fingerprint density at radius 3 is 2.31 bits per heavy atom. The lowest BCUT2D eigenvalue weighted by molar-refractivity contribution is 0.590. The van der Waals surface area contributed by atoms with Gasteiger partial charge in [-0.3, -0.25) is 0 Å². The van der Waals surface area contributed by atoms with Crippen molar-refractivity contribution in [2.45, 2.75) is 50.9 Å². The number of aromatic nitrogens is 3. The van der Waals surface area contributed by atoms with Crippen LogP contribution in [0.4, 0.5) is 0 Å². The Bertz CT molecular complexity index is 902. The van der Waals surface area contributed by atoms with E-state index in [9.17, 15) is 0 Å². The van der Waals surface area contributed by atoms with E-state index >= 15 is 0 Å². The van der Waals surface area contributed by atoms with Gasteiger partial charge in [0.1, 0.15) is 0 Å². The molecule has 0 aliphatic heterocycles. The third-order valence-electron chi connectivity index (χ3n) is 4.71. The third-order valence-corrected chi connectivity index (χ3v) is 5.77. The summed E-state index contributed by atoms with van der Waals surface area (Å²) in [6, 6.07) is 15.3. The van der Waals surface area contributed by atoms with Crippen molar-refractivity contribution in [1.29, 1.82) is 0 Å². The zero-order chi connectivity index (χ0) is 18.9. The molecule has 3 rings (SSSR count). The van der Waals surface area contributed by atoms with Crippen molar-refractivity contribution < 1.29 is 0 Å². The Morgan fingerprint density at radius 2 is 1.65 bits per heavy atom. The first kappa shape index (κ1) is 18.7. The molecule has 3 nitrogen and oxygen atoms in total. The van der Waals surface area contributed by atoms with E-state index in [0.29, 0.717) is 0 Å². The fraction of sp³-hybridized carbons (Fsp3) is 0.364. The van der Waals surface area contributed by atoms with Crippen LogP contribution in [0.5, 0.6) is 0 Å². The van der Waals surface area contributed by atoms with Crippen LogP contribution in [0.3, 0.4) is 0 Å². The van der Waals surface area contributed by atoms with Crippen LogP contribution >= 0.6 is 11.8 Å². The van der Waals surface area contributed by atoms with Crippen LogP contribution in [0.2, 0.25) is 0 Å². The van der Waals surface area contributed by atoms with Gasteiger partial charge in [-0.2, -0.15) is 0 Å². The monoisotopic (exact) mass is 365 g/mol. The summed E-state index contributed by atoms with van der Waals surface area (Å²) < 4.78 is 2.09. The molecule has 2 aromatic carbocycles. The number of aryl methyl sites for hydroxylation is 2. The number of nitrogens with zero attached hydrogens (tertiary/aromatic N) is 3. The van der Waals surface area contributed by atoms with Crippen LogP contribution in [0, 0.1) is 13.8 Å². The fourth-order valence-corrected chi connectivity index (χ4v) is 3.88. The fourth-order valence-electron chi connectivity index (χ4n) is 2.91. The highest BCUT2D eigenvalue weighted by atomic mass is 32.2. The lowest BCUT2D eigenvalue weighted by atomic mass is 9.87. The molecule has 0 unspecified atom stereocenters. The standard InChI is InChI=1S/C22H27N3S/c1-15-7-8-16(2)18(13-15)14-26-21-24-23-20(25(21)6)17-9-11-19(12-10-17)22(3,4)5/h7-13H,14H2,1-6H3. The second-order valence-corrected chi connectivity index (χ2v) is 8.85. The Balaban J connectivity index is 1.78. The van der Waals surface area contributed by atoms with Gasteiger partial charge in [-0.25, -0.2) is 0 Å². The molecular weight excluding hydrogens is 338 g/mol. The van der Waals surface area contributed by atoms with Gasteiger partial charge in [-0.05, 0) is 36.0 Å². The summed E-state index contributed by atoms with van der Waals surface area (Å²) in [5.41, 5.74) is 6.56. The van der Waals surface area contributed by atoms with E-state index in [1.807, 2.05) is 7.05 Å². The largest absolute Gasteiger partial charge is 0.305 e. The molecule has 1 aromatic heterocycles. The number of thioether (sulfide) groups is 1. The maximum atomic E-state index is 4.42. The van der Waals surface area contributed by atoms with Crippen molar-refractivity contribution in [2.75, 3.05) is 0 Å². The molecule has 136 valence electrons. The van der Waals surface area contributed by atoms with Gasteiger partial charge in [0.15, 0.2) is 11.0 Å². The number of rotatable bonds is 4. The molecule has 0 bridgehead atoms. The third kappa shape index (κ3) is 4.01. The van der Waals surface area contributed by atoms with Crippen LogP contribution in [-0.2, 0) is 18.2 Å². The highest BCUT2D eigenvalue weighted by molar-refractivity contribution is 7.98. The smallest absolute Gasteiger partial charge is 0.191 e. The average molecular weight is 366 g/mol. The summed E-state index contributed by atoms with van der Waals surface area (Å²) in [7, 11) is 2.04. The van der Waals surface area contributed by atoms with Crippen LogP contribution in [-0.4, -0.2) is 14.8 Å². The summed E-state index contributed by atoms with van der Waals surface area (Å²) in [4.78, 5) is 0. The van der Waals surface area contributed by atoms with Crippen LogP contribution in [0.25, 0.3) is 11.4 Å². The Morgan fingerprint density at radius 1 is 0.962 bits per heavy atom. The van der Waals surface area contributed by atoms with Crippen molar-refractivity contribution >= 4 is 11.8 Å². The number of benzene rings is 2. The van der Waals surface area contributed by atoms with E-state index in [0.717, 1.165) is 22.3 Å². The lowest BCUT2D eigenvalue weighted by Gasteiger charge is -2.19. The highest BCUT2D eigenvalue weighted by Gasteiger charge is 2.15. The summed E-state index contributed by atoms with van der Waals surface area (Å²) in [6.07, 6.45) is 0. The van der Waals surface area contributed by atoms with E-state index in [1.165, 1.54) is 22.3 Å². The van der Waals surface area contributed by atoms with Crippen molar-refractivity contribution in [1.82, 2.24) is 14.8 Å². The molecule has 0 aliphatic carbocycles. The van der Waals surface area contributed by atoms with Crippen molar-refractivity contribution in [3.8, 4) is 11.4 Å². The first-order valence-corrected chi connectivity index (χ1v) is 9.93. The topological polar surface area (TPSA) is 30.7 Å². The molecule has 0 aliphatic rings. The van der Waals surface area contributed by atoms with Crippen LogP contribution < -0.4 is 0 Å². The molecule has 0 saturated carbocycles. The Hall–Kier alpha value is -2.07. The van der Waals surface area contributed by atoms with Gasteiger partial charge in [-0.1, -0.05) is 80.6 Å². The van der Waals surface area contributed by atoms with Gasteiger partial charge in [0.2, 0.25) is 0 Å². The van der Waals surface area contributed by atoms with Gasteiger partial charge in [0, 0.05) is 18.4 Å². The summed E-state index contributed by atoms with van der Waals surface area (Å²) in [5, 5.41) is 9.77. The van der Waals surface area contributed by atoms with E-state index in [-0.39, 0.29) is 5.41 Å². The first-order chi connectivity index (χ1) is 12.3. The molecule has 0 N–H and O–H groups in total. The maximum absolute atomic E-state index is 4.42. The van der Waals surface area contributed by atoms with Gasteiger partial charge in [0.25, 0.3) is 0 Å². The molecular formula is C22H27N3S. The van der Waals surface area contributed by atoms with Crippen LogP contribution in [0.1, 0.15) is 43.0 Å². The number of hydrogen-bond acceptors (Lipinski definition) is 3. The number of hydrogen-bond donors (Lipinski definition) is 0. The van der Waals surface area contributed by atoms with Gasteiger partial charge in [0.05, 0.1) is 0 Å². The lowest BCUT2D eigenvalue weighted by Crippen LogP contribution is -2.10. The minimum Gasteiger partial charge on any atom is -0.305 e. The van der Waals surface area contributed by atoms with Crippen molar-refractivity contribution in [2.24, 2.45) is 7.05 Å². The molecule has 0 radical (unpaired) electrons. The zero-order valence-corrected chi connectivity index (χ0v) is 17.3. The SMILES string of the molecule is Cc1ccc(C)c(CSc2nnc(-c3ccc(C(C)(C)C)cc3)n2C)c1. The summed E-state index contributed by atoms with van der Waals surface area (Å²) >= 11 is 1.74. The minimum atomic E-state index is 0.158. The van der Waals surface area contributed by atoms with E-state index in [1.54, 1.807) is 11.8 Å².